The molecule has 0 aliphatic heterocycles. The molecule has 0 saturated heterocycles. The van der Waals surface area contributed by atoms with Gasteiger partial charge in [-0.05, 0) is 49.4 Å². The fourth-order valence-electron chi connectivity index (χ4n) is 2.24. The zero-order valence-corrected chi connectivity index (χ0v) is 15.7. The molecule has 0 saturated carbocycles. The van der Waals surface area contributed by atoms with E-state index in [2.05, 4.69) is 20.8 Å². The largest absolute Gasteiger partial charge is 0.321 e. The lowest BCUT2D eigenvalue weighted by Gasteiger charge is -2.28. The third-order valence-corrected chi connectivity index (χ3v) is 5.92. The second-order valence-corrected chi connectivity index (χ2v) is 8.22. The van der Waals surface area contributed by atoms with Gasteiger partial charge < -0.3 is 5.73 Å². The lowest BCUT2D eigenvalue weighted by Crippen LogP contribution is -2.38. The summed E-state index contributed by atoms with van der Waals surface area (Å²) >= 11 is 4.64. The van der Waals surface area contributed by atoms with E-state index in [1.54, 1.807) is 38.1 Å². The van der Waals surface area contributed by atoms with E-state index in [-0.39, 0.29) is 11.6 Å². The number of thioether (sulfide) groups is 1. The van der Waals surface area contributed by atoms with Gasteiger partial charge in [0, 0.05) is 28.3 Å². The van der Waals surface area contributed by atoms with Crippen molar-refractivity contribution < 1.29 is 8.78 Å². The third-order valence-electron chi connectivity index (χ3n) is 3.79. The van der Waals surface area contributed by atoms with Crippen molar-refractivity contribution in [1.82, 2.24) is 0 Å². The molecule has 2 atom stereocenters. The van der Waals surface area contributed by atoms with Crippen molar-refractivity contribution in [1.29, 1.82) is 0 Å². The van der Waals surface area contributed by atoms with Gasteiger partial charge in [-0.3, -0.25) is 4.85 Å². The number of halogens is 3. The smallest absolute Gasteiger partial charge is 0.300 e. The summed E-state index contributed by atoms with van der Waals surface area (Å²) in [5, 5.41) is 0. The molecule has 0 aliphatic rings. The van der Waals surface area contributed by atoms with Crippen LogP contribution in [0.2, 0.25) is 0 Å². The van der Waals surface area contributed by atoms with Gasteiger partial charge in [-0.2, -0.15) is 0 Å². The highest BCUT2D eigenvalue weighted by Crippen LogP contribution is 2.41. The zero-order chi connectivity index (χ0) is 18.0. The maximum Gasteiger partial charge on any atom is 0.300 e. The Hall–Kier alpha value is -1.42. The number of hydrogen-bond acceptors (Lipinski definition) is 2. The second-order valence-electron chi connectivity index (χ2n) is 5.93. The number of benzene rings is 2. The third kappa shape index (κ3) is 4.15. The molecule has 2 rings (SSSR count). The van der Waals surface area contributed by atoms with E-state index in [1.165, 1.54) is 30.0 Å². The molecule has 2 aromatic rings. The van der Waals surface area contributed by atoms with Crippen molar-refractivity contribution in [3.05, 3.63) is 81.1 Å². The van der Waals surface area contributed by atoms with Crippen molar-refractivity contribution in [3.8, 4) is 0 Å². The molecular weight excluding hydrogens is 394 g/mol. The van der Waals surface area contributed by atoms with Crippen LogP contribution < -0.4 is 5.73 Å². The Bertz CT molecular complexity index is 772. The van der Waals surface area contributed by atoms with Gasteiger partial charge >= 0.3 is 0 Å². The van der Waals surface area contributed by atoms with Gasteiger partial charge in [-0.15, -0.1) is 0 Å². The first-order valence-electron chi connectivity index (χ1n) is 7.21. The highest BCUT2D eigenvalue weighted by Gasteiger charge is 2.37. The topological polar surface area (TPSA) is 30.4 Å². The fraction of sp³-hybridized carbons (Fsp3) is 0.278. The highest BCUT2D eigenvalue weighted by atomic mass is 79.9. The van der Waals surface area contributed by atoms with E-state index in [0.717, 1.165) is 4.47 Å². The van der Waals surface area contributed by atoms with Crippen LogP contribution in [0, 0.1) is 18.2 Å². The molecule has 1 unspecified atom stereocenters. The van der Waals surface area contributed by atoms with Gasteiger partial charge in [0.2, 0.25) is 0 Å². The lowest BCUT2D eigenvalue weighted by molar-refractivity contribution is 0.507. The van der Waals surface area contributed by atoms with E-state index in [0.29, 0.717) is 16.9 Å². The zero-order valence-electron chi connectivity index (χ0n) is 13.3. The Kier molecular flexibility index (Phi) is 5.69. The highest BCUT2D eigenvalue weighted by molar-refractivity contribution is 9.10. The predicted octanol–water partition coefficient (Wildman–Crippen LogP) is 5.43. The predicted molar refractivity (Wildman–Crippen MR) is 98.5 cm³/mol. The molecule has 2 aromatic carbocycles. The molecule has 126 valence electrons. The number of rotatable bonds is 5. The number of nitrogens with zero attached hydrogens (tertiary/aromatic N) is 1. The number of nitrogens with two attached hydrogens (primary N) is 1. The van der Waals surface area contributed by atoms with Gasteiger partial charge in [0.15, 0.2) is 0 Å². The second kappa shape index (κ2) is 7.22. The van der Waals surface area contributed by atoms with E-state index in [9.17, 15) is 8.78 Å². The average Bonchev–Trinajstić information content (AvgIpc) is 2.55. The first kappa shape index (κ1) is 18.9. The molecule has 6 heteroatoms. The summed E-state index contributed by atoms with van der Waals surface area (Å²) in [6.45, 7) is 11.0. The molecule has 0 heterocycles. The fourth-order valence-corrected chi connectivity index (χ4v) is 3.71. The molecule has 24 heavy (non-hydrogen) atoms. The Morgan fingerprint density at radius 3 is 2.38 bits per heavy atom. The van der Waals surface area contributed by atoms with Gasteiger partial charge in [-0.1, -0.05) is 27.7 Å². The molecule has 0 radical (unpaired) electrons. The Morgan fingerprint density at radius 1 is 1.17 bits per heavy atom. The minimum Gasteiger partial charge on any atom is -0.321 e. The van der Waals surface area contributed by atoms with Crippen LogP contribution in [0.3, 0.4) is 0 Å². The van der Waals surface area contributed by atoms with E-state index < -0.39 is 10.4 Å². The normalized spacial score (nSPS) is 16.0. The summed E-state index contributed by atoms with van der Waals surface area (Å²) in [7, 11) is 0. The van der Waals surface area contributed by atoms with Crippen LogP contribution in [0.15, 0.2) is 46.9 Å². The van der Waals surface area contributed by atoms with Crippen LogP contribution in [0.25, 0.3) is 4.85 Å². The number of hydrogen-bond donors (Lipinski definition) is 1. The Balaban J connectivity index is 2.24. The quantitative estimate of drug-likeness (QED) is 0.666. The molecule has 2 N–H and O–H groups in total. The summed E-state index contributed by atoms with van der Waals surface area (Å²) in [4.78, 5) is 2.77. The lowest BCUT2D eigenvalue weighted by atomic mass is 9.95. The molecule has 2 nitrogen and oxygen atoms in total. The summed E-state index contributed by atoms with van der Waals surface area (Å²) in [5.74, 6) is -0.401. The van der Waals surface area contributed by atoms with Crippen LogP contribution in [0.4, 0.5) is 8.78 Å². The van der Waals surface area contributed by atoms with E-state index in [4.69, 9.17) is 12.3 Å². The first-order chi connectivity index (χ1) is 11.2. The van der Waals surface area contributed by atoms with Crippen LogP contribution in [-0.2, 0) is 10.4 Å². The van der Waals surface area contributed by atoms with Crippen molar-refractivity contribution in [2.75, 3.05) is 5.75 Å². The maximum atomic E-state index is 14.1. The maximum absolute atomic E-state index is 14.1. The average molecular weight is 411 g/mol. The molecule has 0 aliphatic carbocycles. The van der Waals surface area contributed by atoms with Crippen LogP contribution in [-0.4, -0.2) is 5.75 Å². The summed E-state index contributed by atoms with van der Waals surface area (Å²) in [6.07, 6.45) is 0. The van der Waals surface area contributed by atoms with Crippen LogP contribution >= 0.6 is 27.7 Å². The van der Waals surface area contributed by atoms with E-state index >= 15 is 0 Å². The Labute approximate surface area is 153 Å². The first-order valence-corrected chi connectivity index (χ1v) is 8.99. The minimum atomic E-state index is -0.954. The van der Waals surface area contributed by atoms with Crippen molar-refractivity contribution in [3.63, 3.8) is 0 Å². The van der Waals surface area contributed by atoms with Crippen molar-refractivity contribution in [2.24, 2.45) is 5.73 Å². The van der Waals surface area contributed by atoms with Crippen LogP contribution in [0.5, 0.6) is 0 Å². The SMILES string of the molecule is [C-]#[N+]C(C)(SC[C@](C)(N)c1cc(Br)ccc1F)c1ccc(F)cc1. The van der Waals surface area contributed by atoms with Crippen LogP contribution in [0.1, 0.15) is 25.0 Å². The Morgan fingerprint density at radius 2 is 1.79 bits per heavy atom. The van der Waals surface area contributed by atoms with Gasteiger partial charge in [0.25, 0.3) is 4.87 Å². The summed E-state index contributed by atoms with van der Waals surface area (Å²) in [6, 6.07) is 10.5. The molecule has 0 spiro atoms. The van der Waals surface area contributed by atoms with Gasteiger partial charge in [0.1, 0.15) is 11.6 Å². The molecule has 0 aromatic heterocycles. The summed E-state index contributed by atoms with van der Waals surface area (Å²) < 4.78 is 28.0. The molecule has 0 fully saturated rings. The van der Waals surface area contributed by atoms with E-state index in [1.807, 2.05) is 0 Å². The van der Waals surface area contributed by atoms with Crippen molar-refractivity contribution in [2.45, 2.75) is 24.3 Å². The summed E-state index contributed by atoms with van der Waals surface area (Å²) in [5.41, 5.74) is 6.45. The van der Waals surface area contributed by atoms with Gasteiger partial charge in [-0.25, -0.2) is 15.4 Å². The molecule has 0 bridgehead atoms. The standard InChI is InChI=1S/C18H17BrF2N2S/c1-17(22,15-10-13(19)6-9-16(15)21)11-24-18(2,23-3)12-4-7-14(20)8-5-12/h4-10H,11,22H2,1-2H3/t17-,18?/m0/s1. The van der Waals surface area contributed by atoms with Gasteiger partial charge in [0.05, 0.1) is 5.54 Å². The monoisotopic (exact) mass is 410 g/mol. The molecular formula is C18H17BrF2N2S. The molecule has 0 amide bonds. The minimum absolute atomic E-state index is 0.330. The van der Waals surface area contributed by atoms with Crippen molar-refractivity contribution >= 4 is 27.7 Å².